The quantitative estimate of drug-likeness (QED) is 0.539. The molecule has 0 bridgehead atoms. The van der Waals surface area contributed by atoms with E-state index in [1.54, 1.807) is 6.92 Å². The summed E-state index contributed by atoms with van der Waals surface area (Å²) in [6, 6.07) is 7.62. The molecule has 3 N–H and O–H groups in total. The molecule has 0 heterocycles. The number of nitrogens with two attached hydrogens (primary N) is 1. The topological polar surface area (TPSA) is 55.1 Å². The van der Waals surface area contributed by atoms with E-state index in [0.717, 1.165) is 18.7 Å². The lowest BCUT2D eigenvalue weighted by molar-refractivity contribution is 0.101. The molecular formula is C11H16N2O. The van der Waals surface area contributed by atoms with Gasteiger partial charge in [0, 0.05) is 25.2 Å². The van der Waals surface area contributed by atoms with Gasteiger partial charge in [0.2, 0.25) is 0 Å². The van der Waals surface area contributed by atoms with E-state index >= 15 is 0 Å². The van der Waals surface area contributed by atoms with Gasteiger partial charge < -0.3 is 11.1 Å². The maximum Gasteiger partial charge on any atom is 0.159 e. The third-order valence-electron chi connectivity index (χ3n) is 2.01. The zero-order chi connectivity index (χ0) is 10.4. The van der Waals surface area contributed by atoms with E-state index in [1.165, 1.54) is 5.56 Å². The Bertz CT molecular complexity index is 293. The van der Waals surface area contributed by atoms with Crippen LogP contribution in [0.15, 0.2) is 24.3 Å². The van der Waals surface area contributed by atoms with Crippen LogP contribution in [0, 0.1) is 0 Å². The minimum Gasteiger partial charge on any atom is -0.329 e. The molecule has 0 atom stereocenters. The second kappa shape index (κ2) is 5.52. The van der Waals surface area contributed by atoms with Crippen LogP contribution in [-0.2, 0) is 6.54 Å². The van der Waals surface area contributed by atoms with Crippen molar-refractivity contribution >= 4 is 5.78 Å². The van der Waals surface area contributed by atoms with E-state index in [4.69, 9.17) is 5.73 Å². The van der Waals surface area contributed by atoms with Crippen molar-refractivity contribution in [2.75, 3.05) is 13.1 Å². The summed E-state index contributed by atoms with van der Waals surface area (Å²) in [4.78, 5) is 11.0. The summed E-state index contributed by atoms with van der Waals surface area (Å²) in [6.07, 6.45) is 0. The third-order valence-corrected chi connectivity index (χ3v) is 2.01. The van der Waals surface area contributed by atoms with Crippen LogP contribution >= 0.6 is 0 Å². The van der Waals surface area contributed by atoms with Crippen LogP contribution in [0.2, 0.25) is 0 Å². The Labute approximate surface area is 84.3 Å². The van der Waals surface area contributed by atoms with Crippen LogP contribution in [0.25, 0.3) is 0 Å². The third kappa shape index (κ3) is 3.28. The van der Waals surface area contributed by atoms with Gasteiger partial charge in [-0.3, -0.25) is 4.79 Å². The van der Waals surface area contributed by atoms with Crippen LogP contribution < -0.4 is 11.1 Å². The summed E-state index contributed by atoms with van der Waals surface area (Å²) in [6.45, 7) is 3.83. The Morgan fingerprint density at radius 2 is 2.00 bits per heavy atom. The smallest absolute Gasteiger partial charge is 0.159 e. The molecule has 3 heteroatoms. The fourth-order valence-corrected chi connectivity index (χ4v) is 1.19. The molecule has 0 aliphatic rings. The number of carbonyl (C=O) groups excluding carboxylic acids is 1. The predicted octanol–water partition coefficient (Wildman–Crippen LogP) is 0.938. The zero-order valence-electron chi connectivity index (χ0n) is 8.42. The van der Waals surface area contributed by atoms with Crippen molar-refractivity contribution < 1.29 is 4.79 Å². The monoisotopic (exact) mass is 192 g/mol. The van der Waals surface area contributed by atoms with E-state index in [0.29, 0.717) is 6.54 Å². The molecule has 0 saturated carbocycles. The molecule has 1 rings (SSSR count). The molecule has 0 amide bonds. The predicted molar refractivity (Wildman–Crippen MR) is 57.2 cm³/mol. The molecule has 1 aromatic carbocycles. The summed E-state index contributed by atoms with van der Waals surface area (Å²) >= 11 is 0. The summed E-state index contributed by atoms with van der Waals surface area (Å²) < 4.78 is 0. The lowest BCUT2D eigenvalue weighted by atomic mass is 10.1. The second-order valence-corrected chi connectivity index (χ2v) is 3.22. The van der Waals surface area contributed by atoms with E-state index in [-0.39, 0.29) is 5.78 Å². The van der Waals surface area contributed by atoms with Gasteiger partial charge in [-0.05, 0) is 12.5 Å². The van der Waals surface area contributed by atoms with Gasteiger partial charge in [-0.1, -0.05) is 24.3 Å². The minimum absolute atomic E-state index is 0.103. The molecule has 0 saturated heterocycles. The average Bonchev–Trinajstić information content (AvgIpc) is 2.19. The van der Waals surface area contributed by atoms with E-state index in [2.05, 4.69) is 5.32 Å². The second-order valence-electron chi connectivity index (χ2n) is 3.22. The first-order valence-electron chi connectivity index (χ1n) is 4.74. The van der Waals surface area contributed by atoms with Gasteiger partial charge in [0.05, 0.1) is 0 Å². The van der Waals surface area contributed by atoms with E-state index < -0.39 is 0 Å². The van der Waals surface area contributed by atoms with Crippen molar-refractivity contribution in [3.05, 3.63) is 35.4 Å². The highest BCUT2D eigenvalue weighted by Crippen LogP contribution is 2.04. The first-order chi connectivity index (χ1) is 6.74. The summed E-state index contributed by atoms with van der Waals surface area (Å²) in [5.74, 6) is 0.103. The van der Waals surface area contributed by atoms with Gasteiger partial charge in [-0.25, -0.2) is 0 Å². The van der Waals surface area contributed by atoms with Crippen molar-refractivity contribution in [2.24, 2.45) is 5.73 Å². The van der Waals surface area contributed by atoms with Crippen LogP contribution in [0.1, 0.15) is 22.8 Å². The number of benzene rings is 1. The fourth-order valence-electron chi connectivity index (χ4n) is 1.19. The van der Waals surface area contributed by atoms with Gasteiger partial charge in [0.1, 0.15) is 0 Å². The number of rotatable bonds is 5. The minimum atomic E-state index is 0.103. The molecule has 0 radical (unpaired) electrons. The van der Waals surface area contributed by atoms with Crippen molar-refractivity contribution in [3.8, 4) is 0 Å². The highest BCUT2D eigenvalue weighted by atomic mass is 16.1. The highest BCUT2D eigenvalue weighted by molar-refractivity contribution is 5.93. The molecule has 0 unspecified atom stereocenters. The normalized spacial score (nSPS) is 10.1. The number of carbonyl (C=O) groups is 1. The lowest BCUT2D eigenvalue weighted by Crippen LogP contribution is -2.21. The SMILES string of the molecule is CC(=O)c1ccc(CNCCN)cc1. The average molecular weight is 192 g/mol. The maximum absolute atomic E-state index is 11.0. The Kier molecular flexibility index (Phi) is 4.29. The van der Waals surface area contributed by atoms with Gasteiger partial charge in [-0.15, -0.1) is 0 Å². The van der Waals surface area contributed by atoms with Gasteiger partial charge in [-0.2, -0.15) is 0 Å². The van der Waals surface area contributed by atoms with Gasteiger partial charge >= 0.3 is 0 Å². The molecule has 0 aliphatic heterocycles. The fraction of sp³-hybridized carbons (Fsp3) is 0.364. The van der Waals surface area contributed by atoms with Crippen LogP contribution in [0.3, 0.4) is 0 Å². The number of ketones is 1. The molecule has 76 valence electrons. The Morgan fingerprint density at radius 1 is 1.36 bits per heavy atom. The number of nitrogens with one attached hydrogen (secondary N) is 1. The Morgan fingerprint density at radius 3 is 2.50 bits per heavy atom. The largest absolute Gasteiger partial charge is 0.329 e. The van der Waals surface area contributed by atoms with E-state index in [1.807, 2.05) is 24.3 Å². The lowest BCUT2D eigenvalue weighted by Gasteiger charge is -2.03. The van der Waals surface area contributed by atoms with Crippen molar-refractivity contribution in [1.82, 2.24) is 5.32 Å². The standard InChI is InChI=1S/C11H16N2O/c1-9(14)11-4-2-10(3-5-11)8-13-7-6-12/h2-5,13H,6-8,12H2,1H3. The summed E-state index contributed by atoms with van der Waals surface area (Å²) in [5.41, 5.74) is 7.28. The van der Waals surface area contributed by atoms with Crippen LogP contribution in [-0.4, -0.2) is 18.9 Å². The van der Waals surface area contributed by atoms with E-state index in [9.17, 15) is 4.79 Å². The molecule has 3 nitrogen and oxygen atoms in total. The Hall–Kier alpha value is -1.19. The molecule has 14 heavy (non-hydrogen) atoms. The molecule has 0 spiro atoms. The summed E-state index contributed by atoms with van der Waals surface area (Å²) in [5, 5.41) is 3.19. The molecule has 1 aromatic rings. The zero-order valence-corrected chi connectivity index (χ0v) is 8.42. The van der Waals surface area contributed by atoms with Crippen molar-refractivity contribution in [3.63, 3.8) is 0 Å². The van der Waals surface area contributed by atoms with Crippen LogP contribution in [0.4, 0.5) is 0 Å². The van der Waals surface area contributed by atoms with Gasteiger partial charge in [0.15, 0.2) is 5.78 Å². The molecule has 0 aliphatic carbocycles. The van der Waals surface area contributed by atoms with Gasteiger partial charge in [0.25, 0.3) is 0 Å². The number of hydrogen-bond acceptors (Lipinski definition) is 3. The number of Topliss-reactive ketones (excluding diaryl/α,β-unsaturated/α-hetero) is 1. The highest BCUT2D eigenvalue weighted by Gasteiger charge is 1.98. The number of hydrogen-bond donors (Lipinski definition) is 2. The first-order valence-corrected chi connectivity index (χ1v) is 4.74. The maximum atomic E-state index is 11.0. The van der Waals surface area contributed by atoms with Crippen molar-refractivity contribution in [2.45, 2.75) is 13.5 Å². The molecule has 0 aromatic heterocycles. The first kappa shape index (κ1) is 10.9. The van der Waals surface area contributed by atoms with Crippen LogP contribution in [0.5, 0.6) is 0 Å². The Balaban J connectivity index is 2.51. The molecular weight excluding hydrogens is 176 g/mol. The van der Waals surface area contributed by atoms with Crippen molar-refractivity contribution in [1.29, 1.82) is 0 Å². The summed E-state index contributed by atoms with van der Waals surface area (Å²) in [7, 11) is 0. The molecule has 0 fully saturated rings.